The van der Waals surface area contributed by atoms with Crippen molar-refractivity contribution in [2.75, 3.05) is 17.3 Å². The second-order valence-electron chi connectivity index (χ2n) is 8.93. The van der Waals surface area contributed by atoms with Crippen LogP contribution in [0.1, 0.15) is 136 Å². The highest BCUT2D eigenvalue weighted by Crippen LogP contribution is 2.35. The third-order valence-corrected chi connectivity index (χ3v) is 10.1. The fourth-order valence-electron chi connectivity index (χ4n) is 3.51. The second-order valence-corrected chi connectivity index (χ2v) is 13.6. The van der Waals surface area contributed by atoms with Crippen LogP contribution in [0.15, 0.2) is 19.7 Å². The van der Waals surface area contributed by atoms with Crippen LogP contribution >= 0.6 is 58.5 Å². The molecule has 5 heteroatoms. The van der Waals surface area contributed by atoms with Crippen LogP contribution in [0.5, 0.6) is 0 Å². The molecular weight excluding hydrogens is 503 g/mol. The maximum Gasteiger partial charge on any atom is 0.0922 e. The van der Waals surface area contributed by atoms with E-state index in [1.807, 2.05) is 23.5 Å². The minimum absolute atomic E-state index is 0.730. The van der Waals surface area contributed by atoms with E-state index in [1.54, 1.807) is 11.8 Å². The average Bonchev–Trinajstić information content (AvgIpc) is 2.81. The maximum atomic E-state index is 6.63. The van der Waals surface area contributed by atoms with Gasteiger partial charge < -0.3 is 0 Å². The Labute approximate surface area is 230 Å². The predicted octanol–water partition coefficient (Wildman–Crippen LogP) is 12.8. The van der Waals surface area contributed by atoms with Gasteiger partial charge in [-0.1, -0.05) is 140 Å². The number of hydrogen-bond donors (Lipinski definition) is 0. The smallest absolute Gasteiger partial charge is 0.0922 e. The standard InChI is InChI=1S/C28H52Cl2S3/c1-4-7-10-13-16-19-22-31-27(32-23-20-17-14-11-8-5-2)25-26(29)28(30)33-24-21-18-15-12-9-6-3/h25H,4-24H2,1-3H3/b28-26-. The fourth-order valence-corrected chi connectivity index (χ4v) is 7.26. The Bertz CT molecular complexity index is 458. The molecule has 0 amide bonds. The van der Waals surface area contributed by atoms with Crippen LogP contribution in [0.4, 0.5) is 0 Å². The molecule has 0 rings (SSSR count). The van der Waals surface area contributed by atoms with Crippen molar-refractivity contribution in [1.29, 1.82) is 0 Å². The first-order valence-corrected chi connectivity index (χ1v) is 17.5. The van der Waals surface area contributed by atoms with E-state index in [0.29, 0.717) is 0 Å². The highest BCUT2D eigenvalue weighted by Gasteiger charge is 2.06. The third-order valence-electron chi connectivity index (χ3n) is 5.64. The third kappa shape index (κ3) is 24.6. The Balaban J connectivity index is 4.45. The highest BCUT2D eigenvalue weighted by molar-refractivity contribution is 8.22. The van der Waals surface area contributed by atoms with Gasteiger partial charge in [0.05, 0.1) is 9.40 Å². The number of thioether (sulfide) groups is 3. The molecular formula is C28H52Cl2S3. The van der Waals surface area contributed by atoms with E-state index in [1.165, 1.54) is 131 Å². The lowest BCUT2D eigenvalue weighted by atomic mass is 10.1. The van der Waals surface area contributed by atoms with Gasteiger partial charge in [-0.25, -0.2) is 0 Å². The molecule has 0 saturated carbocycles. The normalized spacial score (nSPS) is 12.2. The molecule has 0 aliphatic heterocycles. The van der Waals surface area contributed by atoms with E-state index in [0.717, 1.165) is 15.1 Å². The maximum absolute atomic E-state index is 6.63. The van der Waals surface area contributed by atoms with Crippen LogP contribution < -0.4 is 0 Å². The molecule has 0 bridgehead atoms. The zero-order valence-electron chi connectivity index (χ0n) is 21.9. The van der Waals surface area contributed by atoms with Crippen molar-refractivity contribution in [3.8, 4) is 0 Å². The summed E-state index contributed by atoms with van der Waals surface area (Å²) < 4.78 is 2.11. The number of halogens is 2. The van der Waals surface area contributed by atoms with Gasteiger partial charge in [0.1, 0.15) is 0 Å². The van der Waals surface area contributed by atoms with E-state index in [2.05, 4.69) is 26.8 Å². The summed E-state index contributed by atoms with van der Waals surface area (Å²) in [5.74, 6) is 3.45. The molecule has 0 aromatic rings. The summed E-state index contributed by atoms with van der Waals surface area (Å²) in [5, 5.41) is 0.730. The van der Waals surface area contributed by atoms with E-state index in [4.69, 9.17) is 23.2 Å². The number of unbranched alkanes of at least 4 members (excludes halogenated alkanes) is 15. The summed E-state index contributed by atoms with van der Waals surface area (Å²) in [6.07, 6.45) is 26.2. The quantitative estimate of drug-likeness (QED) is 0.0812. The van der Waals surface area contributed by atoms with Gasteiger partial charge in [0.15, 0.2) is 0 Å². The molecule has 33 heavy (non-hydrogen) atoms. The lowest BCUT2D eigenvalue weighted by Crippen LogP contribution is -1.87. The molecule has 0 aromatic heterocycles. The first-order chi connectivity index (χ1) is 16.2. The van der Waals surface area contributed by atoms with Gasteiger partial charge in [0.25, 0.3) is 0 Å². The summed E-state index contributed by atoms with van der Waals surface area (Å²) in [6.45, 7) is 6.83. The molecule has 0 aliphatic carbocycles. The van der Waals surface area contributed by atoms with E-state index in [-0.39, 0.29) is 0 Å². The van der Waals surface area contributed by atoms with E-state index >= 15 is 0 Å². The zero-order valence-corrected chi connectivity index (χ0v) is 25.9. The Kier molecular flexibility index (Phi) is 28.6. The molecule has 196 valence electrons. The topological polar surface area (TPSA) is 0 Å². The van der Waals surface area contributed by atoms with E-state index in [9.17, 15) is 0 Å². The van der Waals surface area contributed by atoms with Crippen molar-refractivity contribution in [2.24, 2.45) is 0 Å². The summed E-state index contributed by atoms with van der Waals surface area (Å²) >= 11 is 18.9. The van der Waals surface area contributed by atoms with Crippen LogP contribution in [-0.4, -0.2) is 17.3 Å². The SMILES string of the molecule is CCCCCCCCSC(=C/C(Cl)=C(\Cl)SCCCCCCCC)SCCCCCCCC. The molecule has 0 saturated heterocycles. The largest absolute Gasteiger partial charge is 0.119 e. The highest BCUT2D eigenvalue weighted by atomic mass is 35.5. The minimum Gasteiger partial charge on any atom is -0.119 e. The van der Waals surface area contributed by atoms with E-state index < -0.39 is 0 Å². The molecule has 0 spiro atoms. The monoisotopic (exact) mass is 554 g/mol. The Morgan fingerprint density at radius 2 is 0.818 bits per heavy atom. The van der Waals surface area contributed by atoms with Crippen molar-refractivity contribution in [2.45, 2.75) is 136 Å². The fraction of sp³-hybridized carbons (Fsp3) is 0.857. The van der Waals surface area contributed by atoms with Crippen molar-refractivity contribution >= 4 is 58.5 Å². The molecule has 0 nitrogen and oxygen atoms in total. The average molecular weight is 556 g/mol. The Morgan fingerprint density at radius 1 is 0.485 bits per heavy atom. The summed E-state index contributed by atoms with van der Waals surface area (Å²) in [5.41, 5.74) is 0. The van der Waals surface area contributed by atoms with Gasteiger partial charge in [-0.3, -0.25) is 0 Å². The predicted molar refractivity (Wildman–Crippen MR) is 164 cm³/mol. The van der Waals surface area contributed by atoms with Gasteiger partial charge >= 0.3 is 0 Å². The van der Waals surface area contributed by atoms with Crippen molar-refractivity contribution < 1.29 is 0 Å². The van der Waals surface area contributed by atoms with Crippen molar-refractivity contribution in [1.82, 2.24) is 0 Å². The number of allylic oxidation sites excluding steroid dienone is 2. The molecule has 0 aromatic carbocycles. The molecule has 0 heterocycles. The molecule has 0 aliphatic rings. The summed E-state index contributed by atoms with van der Waals surface area (Å²) in [6, 6.07) is 0. The minimum atomic E-state index is 0.730. The Morgan fingerprint density at radius 3 is 1.21 bits per heavy atom. The summed E-state index contributed by atoms with van der Waals surface area (Å²) in [4.78, 5) is 0. The zero-order chi connectivity index (χ0) is 24.4. The van der Waals surface area contributed by atoms with Crippen LogP contribution in [0.25, 0.3) is 0 Å². The molecule has 0 atom stereocenters. The molecule has 0 radical (unpaired) electrons. The molecule has 0 unspecified atom stereocenters. The second kappa shape index (κ2) is 27.7. The van der Waals surface area contributed by atoms with Crippen LogP contribution in [0, 0.1) is 0 Å². The van der Waals surface area contributed by atoms with Crippen LogP contribution in [0.3, 0.4) is 0 Å². The Hall–Kier alpha value is 1.11. The molecule has 0 fully saturated rings. The van der Waals surface area contributed by atoms with Crippen LogP contribution in [-0.2, 0) is 0 Å². The lowest BCUT2D eigenvalue weighted by molar-refractivity contribution is 0.627. The van der Waals surface area contributed by atoms with Crippen LogP contribution in [0.2, 0.25) is 0 Å². The van der Waals surface area contributed by atoms with Crippen molar-refractivity contribution in [3.05, 3.63) is 19.7 Å². The van der Waals surface area contributed by atoms with Crippen molar-refractivity contribution in [3.63, 3.8) is 0 Å². The van der Waals surface area contributed by atoms with Gasteiger partial charge in [-0.05, 0) is 42.6 Å². The van der Waals surface area contributed by atoms with Gasteiger partial charge in [-0.15, -0.1) is 35.3 Å². The summed E-state index contributed by atoms with van der Waals surface area (Å²) in [7, 11) is 0. The number of rotatable bonds is 25. The first kappa shape index (κ1) is 34.1. The lowest BCUT2D eigenvalue weighted by Gasteiger charge is -2.09. The van der Waals surface area contributed by atoms with Gasteiger partial charge in [0, 0.05) is 4.24 Å². The first-order valence-electron chi connectivity index (χ1n) is 13.8. The van der Waals surface area contributed by atoms with Gasteiger partial charge in [0.2, 0.25) is 0 Å². The van der Waals surface area contributed by atoms with Gasteiger partial charge in [-0.2, -0.15) is 0 Å². The molecule has 0 N–H and O–H groups in total. The number of hydrogen-bond acceptors (Lipinski definition) is 3.